The lowest BCUT2D eigenvalue weighted by Crippen LogP contribution is -2.29. The van der Waals surface area contributed by atoms with Crippen molar-refractivity contribution < 1.29 is 31.5 Å². The fraction of sp³-hybridized carbons (Fsp3) is 0.435. The molecular weight excluding hydrogens is 459 g/mol. The number of benzene rings is 1. The minimum absolute atomic E-state index is 0.0726. The predicted octanol–water partition coefficient (Wildman–Crippen LogP) is 5.75. The van der Waals surface area contributed by atoms with Gasteiger partial charge in [-0.3, -0.25) is 0 Å². The Hall–Kier alpha value is -3.24. The third-order valence-electron chi connectivity index (χ3n) is 6.28. The second kappa shape index (κ2) is 9.55. The lowest BCUT2D eigenvalue weighted by molar-refractivity contribution is 0.0716. The molecule has 6 nitrogen and oxygen atoms in total. The average Bonchev–Trinajstić information content (AvgIpc) is 3.28. The van der Waals surface area contributed by atoms with Crippen molar-refractivity contribution in [2.75, 3.05) is 5.32 Å². The van der Waals surface area contributed by atoms with E-state index in [-0.39, 0.29) is 17.3 Å². The molecular formula is C23H23F5N4O2. The van der Waals surface area contributed by atoms with Crippen LogP contribution in [0, 0.1) is 35.0 Å². The zero-order valence-electron chi connectivity index (χ0n) is 18.6. The third-order valence-corrected chi connectivity index (χ3v) is 6.28. The largest absolute Gasteiger partial charge is 0.416 e. The molecule has 2 aromatic heterocycles. The summed E-state index contributed by atoms with van der Waals surface area (Å²) < 4.78 is 75.0. The number of hydrogen-bond donors (Lipinski definition) is 1. The molecule has 0 saturated heterocycles. The molecule has 1 aliphatic rings. The number of carbonyl (C=O) groups excluding carboxylic acids is 1. The normalized spacial score (nSPS) is 15.5. The monoisotopic (exact) mass is 482 g/mol. The number of ether oxygens (including phenoxy) is 1. The number of rotatable bonds is 6. The van der Waals surface area contributed by atoms with Crippen LogP contribution in [0.25, 0.3) is 11.0 Å². The zero-order valence-corrected chi connectivity index (χ0v) is 18.6. The fourth-order valence-electron chi connectivity index (χ4n) is 4.37. The molecule has 1 saturated carbocycles. The summed E-state index contributed by atoms with van der Waals surface area (Å²) in [6, 6.07) is -0.0726. The van der Waals surface area contributed by atoms with Crippen LogP contribution in [0.5, 0.6) is 5.75 Å². The summed E-state index contributed by atoms with van der Waals surface area (Å²) in [6.45, 7) is 4.32. The lowest BCUT2D eigenvalue weighted by atomic mass is 9.84. The number of halogens is 5. The molecule has 1 fully saturated rings. The van der Waals surface area contributed by atoms with Crippen molar-refractivity contribution in [2.24, 2.45) is 5.92 Å². The number of fused-ring (bicyclic) bond motifs is 1. The van der Waals surface area contributed by atoms with Crippen molar-refractivity contribution in [1.29, 1.82) is 0 Å². The Morgan fingerprint density at radius 2 is 1.68 bits per heavy atom. The van der Waals surface area contributed by atoms with E-state index in [0.717, 1.165) is 38.3 Å². The number of nitrogens with one attached hydrogen (secondary N) is 1. The number of carbonyl (C=O) groups is 1. The van der Waals surface area contributed by atoms with Crippen LogP contribution in [-0.2, 0) is 6.54 Å². The van der Waals surface area contributed by atoms with Crippen LogP contribution in [0.4, 0.5) is 27.6 Å². The SMILES string of the molecule is CCn1ncc2c(NC(C)C3CCCCC3)c(C(=O)Oc3c(F)c(F)c(F)c(F)c3F)cnc21. The molecule has 1 aliphatic carbocycles. The van der Waals surface area contributed by atoms with E-state index in [9.17, 15) is 26.7 Å². The Labute approximate surface area is 192 Å². The first-order valence-corrected chi connectivity index (χ1v) is 11.1. The maximum Gasteiger partial charge on any atom is 0.347 e. The van der Waals surface area contributed by atoms with E-state index in [2.05, 4.69) is 20.1 Å². The standard InChI is InChI=1S/C23H23F5N4O2/c1-3-32-22-13(10-30-32)20(31-11(2)12-7-5-4-6-8-12)14(9-29-22)23(33)34-21-18(27)16(25)15(24)17(26)19(21)28/h9-12H,3-8H2,1-2H3,(H,29,31). The number of esters is 1. The van der Waals surface area contributed by atoms with Crippen molar-refractivity contribution in [3.63, 3.8) is 0 Å². The highest BCUT2D eigenvalue weighted by Crippen LogP contribution is 2.34. The van der Waals surface area contributed by atoms with Crippen LogP contribution < -0.4 is 10.1 Å². The van der Waals surface area contributed by atoms with E-state index in [0.29, 0.717) is 23.5 Å². The average molecular weight is 482 g/mol. The van der Waals surface area contributed by atoms with Gasteiger partial charge in [-0.15, -0.1) is 0 Å². The number of aromatic nitrogens is 3. The van der Waals surface area contributed by atoms with E-state index in [4.69, 9.17) is 0 Å². The van der Waals surface area contributed by atoms with E-state index < -0.39 is 40.8 Å². The maximum atomic E-state index is 14.1. The number of nitrogens with zero attached hydrogens (tertiary/aromatic N) is 3. The van der Waals surface area contributed by atoms with E-state index in [1.54, 1.807) is 4.68 Å². The molecule has 34 heavy (non-hydrogen) atoms. The topological polar surface area (TPSA) is 69.0 Å². The minimum atomic E-state index is -2.34. The molecule has 1 unspecified atom stereocenters. The maximum absolute atomic E-state index is 14.1. The smallest absolute Gasteiger partial charge is 0.347 e. The van der Waals surface area contributed by atoms with Gasteiger partial charge in [-0.25, -0.2) is 27.6 Å². The highest BCUT2D eigenvalue weighted by atomic mass is 19.2. The van der Waals surface area contributed by atoms with Crippen LogP contribution in [-0.4, -0.2) is 26.8 Å². The van der Waals surface area contributed by atoms with E-state index in [1.165, 1.54) is 6.20 Å². The van der Waals surface area contributed by atoms with Gasteiger partial charge in [0.25, 0.3) is 0 Å². The molecule has 182 valence electrons. The van der Waals surface area contributed by atoms with Crippen LogP contribution in [0.3, 0.4) is 0 Å². The van der Waals surface area contributed by atoms with Crippen molar-refractivity contribution in [2.45, 2.75) is 58.5 Å². The summed E-state index contributed by atoms with van der Waals surface area (Å²) in [5.74, 6) is -13.9. The Bertz CT molecular complexity index is 1210. The van der Waals surface area contributed by atoms with Crippen LogP contribution in [0.1, 0.15) is 56.3 Å². The van der Waals surface area contributed by atoms with Gasteiger partial charge < -0.3 is 10.1 Å². The van der Waals surface area contributed by atoms with E-state index >= 15 is 0 Å². The van der Waals surface area contributed by atoms with Crippen LogP contribution >= 0.6 is 0 Å². The molecule has 0 aliphatic heterocycles. The van der Waals surface area contributed by atoms with Crippen molar-refractivity contribution in [3.05, 3.63) is 47.0 Å². The van der Waals surface area contributed by atoms with Crippen molar-refractivity contribution in [1.82, 2.24) is 14.8 Å². The van der Waals surface area contributed by atoms with Gasteiger partial charge in [-0.1, -0.05) is 19.3 Å². The number of hydrogen-bond acceptors (Lipinski definition) is 5. The first-order valence-electron chi connectivity index (χ1n) is 11.1. The molecule has 0 bridgehead atoms. The summed E-state index contributed by atoms with van der Waals surface area (Å²) in [5.41, 5.74) is 0.528. The molecule has 0 spiro atoms. The van der Waals surface area contributed by atoms with Gasteiger partial charge in [-0.2, -0.15) is 13.9 Å². The zero-order chi connectivity index (χ0) is 24.6. The molecule has 1 N–H and O–H groups in total. The molecule has 0 amide bonds. The predicted molar refractivity (Wildman–Crippen MR) is 114 cm³/mol. The van der Waals surface area contributed by atoms with Crippen LogP contribution in [0.15, 0.2) is 12.4 Å². The summed E-state index contributed by atoms with van der Waals surface area (Å²) in [5, 5.41) is 8.01. The second-order valence-electron chi connectivity index (χ2n) is 8.36. The second-order valence-corrected chi connectivity index (χ2v) is 8.36. The van der Waals surface area contributed by atoms with Crippen LogP contribution in [0.2, 0.25) is 0 Å². The Morgan fingerprint density at radius 3 is 2.29 bits per heavy atom. The summed E-state index contributed by atoms with van der Waals surface area (Å²) in [4.78, 5) is 17.1. The lowest BCUT2D eigenvalue weighted by Gasteiger charge is -2.29. The molecule has 11 heteroatoms. The highest BCUT2D eigenvalue weighted by Gasteiger charge is 2.31. The van der Waals surface area contributed by atoms with Gasteiger partial charge in [0, 0.05) is 18.8 Å². The molecule has 1 atom stereocenters. The van der Waals surface area contributed by atoms with Gasteiger partial charge in [0.05, 0.1) is 17.3 Å². The van der Waals surface area contributed by atoms with Gasteiger partial charge >= 0.3 is 5.97 Å². The number of anilines is 1. The molecule has 3 aromatic rings. The first-order chi connectivity index (χ1) is 16.2. The third kappa shape index (κ3) is 4.19. The van der Waals surface area contributed by atoms with Gasteiger partial charge in [0.15, 0.2) is 5.65 Å². The van der Waals surface area contributed by atoms with E-state index in [1.807, 2.05) is 13.8 Å². The summed E-state index contributed by atoms with van der Waals surface area (Å²) >= 11 is 0. The molecule has 4 rings (SSSR count). The summed E-state index contributed by atoms with van der Waals surface area (Å²) in [6.07, 6.45) is 7.97. The fourth-order valence-corrected chi connectivity index (χ4v) is 4.37. The van der Waals surface area contributed by atoms with Gasteiger partial charge in [0.1, 0.15) is 5.56 Å². The Kier molecular flexibility index (Phi) is 6.72. The Balaban J connectivity index is 1.75. The van der Waals surface area contributed by atoms with Crippen molar-refractivity contribution in [3.8, 4) is 5.75 Å². The minimum Gasteiger partial charge on any atom is -0.416 e. The first kappa shape index (κ1) is 23.9. The highest BCUT2D eigenvalue weighted by molar-refractivity contribution is 6.04. The molecule has 0 radical (unpaired) electrons. The molecule has 1 aromatic carbocycles. The van der Waals surface area contributed by atoms with Gasteiger partial charge in [0.2, 0.25) is 34.8 Å². The van der Waals surface area contributed by atoms with Gasteiger partial charge in [-0.05, 0) is 32.6 Å². The number of aryl methyl sites for hydroxylation is 1. The number of pyridine rings is 1. The summed E-state index contributed by atoms with van der Waals surface area (Å²) in [7, 11) is 0. The Morgan fingerprint density at radius 1 is 1.06 bits per heavy atom. The van der Waals surface area contributed by atoms with Crippen molar-refractivity contribution >= 4 is 22.7 Å². The quantitative estimate of drug-likeness (QED) is 0.159. The molecule has 2 heterocycles.